The van der Waals surface area contributed by atoms with Crippen LogP contribution in [0.5, 0.6) is 0 Å². The van der Waals surface area contributed by atoms with Crippen LogP contribution in [0.1, 0.15) is 35.6 Å². The zero-order valence-electron chi connectivity index (χ0n) is 11.6. The first-order valence-electron chi connectivity index (χ1n) is 7.16. The Morgan fingerprint density at radius 1 is 1.23 bits per heavy atom. The Labute approximate surface area is 124 Å². The van der Waals surface area contributed by atoms with Crippen molar-refractivity contribution in [2.24, 2.45) is 0 Å². The van der Waals surface area contributed by atoms with Crippen LogP contribution in [0.25, 0.3) is 5.65 Å². The van der Waals surface area contributed by atoms with Crippen LogP contribution in [0.4, 0.5) is 8.78 Å². The number of fused-ring (bicyclic) bond motifs is 1. The standard InChI is InChI=1S/C16H13F2N3O/c17-12-4-1-9(8-13(12)18)7-11-15(10-2-3-10)20-14-5-6-19-21(14)16(11)22/h1,4-6,8,10,19H,2-3,7H2. The number of halogens is 2. The van der Waals surface area contributed by atoms with Crippen molar-refractivity contribution >= 4 is 5.65 Å². The zero-order chi connectivity index (χ0) is 15.3. The highest BCUT2D eigenvalue weighted by Crippen LogP contribution is 2.40. The molecule has 0 radical (unpaired) electrons. The number of rotatable bonds is 3. The Kier molecular flexibility index (Phi) is 2.85. The minimum absolute atomic E-state index is 0.179. The minimum Gasteiger partial charge on any atom is -0.297 e. The first-order chi connectivity index (χ1) is 10.6. The second kappa shape index (κ2) is 4.76. The van der Waals surface area contributed by atoms with E-state index in [-0.39, 0.29) is 12.0 Å². The second-order valence-corrected chi connectivity index (χ2v) is 5.64. The normalized spacial score (nSPS) is 14.6. The molecule has 2 aromatic heterocycles. The molecule has 1 aromatic carbocycles. The summed E-state index contributed by atoms with van der Waals surface area (Å²) in [6, 6.07) is 5.46. The van der Waals surface area contributed by atoms with Gasteiger partial charge in [0.2, 0.25) is 0 Å². The summed E-state index contributed by atoms with van der Waals surface area (Å²) >= 11 is 0. The molecular weight excluding hydrogens is 288 g/mol. The predicted octanol–water partition coefficient (Wildman–Crippen LogP) is 2.77. The molecule has 3 aromatic rings. The maximum atomic E-state index is 13.4. The van der Waals surface area contributed by atoms with Crippen molar-refractivity contribution in [2.75, 3.05) is 0 Å². The van der Waals surface area contributed by atoms with Gasteiger partial charge in [0.25, 0.3) is 5.56 Å². The largest absolute Gasteiger partial charge is 0.297 e. The molecule has 0 amide bonds. The van der Waals surface area contributed by atoms with Crippen LogP contribution < -0.4 is 5.56 Å². The van der Waals surface area contributed by atoms with Gasteiger partial charge in [0.05, 0.1) is 5.69 Å². The van der Waals surface area contributed by atoms with E-state index in [0.29, 0.717) is 22.7 Å². The van der Waals surface area contributed by atoms with Gasteiger partial charge in [0, 0.05) is 30.2 Å². The van der Waals surface area contributed by atoms with Gasteiger partial charge in [0.1, 0.15) is 0 Å². The van der Waals surface area contributed by atoms with Crippen molar-refractivity contribution in [1.82, 2.24) is 14.6 Å². The number of nitrogens with one attached hydrogen (secondary N) is 1. The molecule has 1 aliphatic carbocycles. The number of aromatic amines is 1. The average molecular weight is 301 g/mol. The van der Waals surface area contributed by atoms with Crippen molar-refractivity contribution in [3.05, 3.63) is 69.3 Å². The number of hydrogen-bond acceptors (Lipinski definition) is 2. The van der Waals surface area contributed by atoms with Crippen molar-refractivity contribution in [3.8, 4) is 0 Å². The first kappa shape index (κ1) is 13.2. The Hall–Kier alpha value is -2.50. The second-order valence-electron chi connectivity index (χ2n) is 5.64. The average Bonchev–Trinajstić information content (AvgIpc) is 3.23. The molecule has 1 saturated carbocycles. The summed E-state index contributed by atoms with van der Waals surface area (Å²) in [6.07, 6.45) is 3.92. The molecule has 0 spiro atoms. The molecule has 6 heteroatoms. The summed E-state index contributed by atoms with van der Waals surface area (Å²) in [4.78, 5) is 17.2. The van der Waals surface area contributed by atoms with Crippen LogP contribution in [-0.4, -0.2) is 14.6 Å². The smallest absolute Gasteiger partial charge is 0.276 e. The molecule has 4 rings (SSSR count). The number of H-pyrrole nitrogens is 1. The summed E-state index contributed by atoms with van der Waals surface area (Å²) in [5.74, 6) is -1.49. The van der Waals surface area contributed by atoms with Gasteiger partial charge < -0.3 is 0 Å². The third-order valence-electron chi connectivity index (χ3n) is 4.00. The van der Waals surface area contributed by atoms with Crippen molar-refractivity contribution in [3.63, 3.8) is 0 Å². The Morgan fingerprint density at radius 3 is 2.77 bits per heavy atom. The van der Waals surface area contributed by atoms with E-state index in [4.69, 9.17) is 0 Å². The van der Waals surface area contributed by atoms with E-state index in [1.54, 1.807) is 12.3 Å². The third kappa shape index (κ3) is 2.11. The SMILES string of the molecule is O=c1c(Cc2ccc(F)c(F)c2)c(C2CC2)nc2cc[nH]n12. The zero-order valence-corrected chi connectivity index (χ0v) is 11.6. The Morgan fingerprint density at radius 2 is 2.05 bits per heavy atom. The van der Waals surface area contributed by atoms with Crippen molar-refractivity contribution in [1.29, 1.82) is 0 Å². The molecule has 4 nitrogen and oxygen atoms in total. The van der Waals surface area contributed by atoms with Crippen molar-refractivity contribution < 1.29 is 8.78 Å². The van der Waals surface area contributed by atoms with Gasteiger partial charge in [-0.2, -0.15) is 0 Å². The van der Waals surface area contributed by atoms with Crippen LogP contribution in [0.3, 0.4) is 0 Å². The fourth-order valence-corrected chi connectivity index (χ4v) is 2.73. The lowest BCUT2D eigenvalue weighted by Gasteiger charge is -2.08. The molecule has 1 N–H and O–H groups in total. The lowest BCUT2D eigenvalue weighted by molar-refractivity contribution is 0.507. The van der Waals surface area contributed by atoms with Gasteiger partial charge in [-0.05, 0) is 30.5 Å². The van der Waals surface area contributed by atoms with E-state index < -0.39 is 11.6 Å². The molecule has 0 saturated heterocycles. The van der Waals surface area contributed by atoms with Crippen LogP contribution in [0, 0.1) is 11.6 Å². The predicted molar refractivity (Wildman–Crippen MR) is 77.0 cm³/mol. The van der Waals surface area contributed by atoms with E-state index >= 15 is 0 Å². The number of hydrogen-bond donors (Lipinski definition) is 1. The van der Waals surface area contributed by atoms with Gasteiger partial charge in [-0.25, -0.2) is 18.3 Å². The highest BCUT2D eigenvalue weighted by atomic mass is 19.2. The van der Waals surface area contributed by atoms with Gasteiger partial charge in [-0.15, -0.1) is 0 Å². The maximum absolute atomic E-state index is 13.4. The lowest BCUT2D eigenvalue weighted by atomic mass is 10.0. The number of benzene rings is 1. The Balaban J connectivity index is 1.85. The monoisotopic (exact) mass is 301 g/mol. The van der Waals surface area contributed by atoms with E-state index in [9.17, 15) is 13.6 Å². The molecule has 0 aliphatic heterocycles. The molecule has 1 aliphatic rings. The number of aromatic nitrogens is 3. The number of nitrogens with zero attached hydrogens (tertiary/aromatic N) is 2. The third-order valence-corrected chi connectivity index (χ3v) is 4.00. The molecule has 0 unspecified atom stereocenters. The fourth-order valence-electron chi connectivity index (χ4n) is 2.73. The van der Waals surface area contributed by atoms with Crippen LogP contribution in [0.15, 0.2) is 35.3 Å². The fraction of sp³-hybridized carbons (Fsp3) is 0.250. The maximum Gasteiger partial charge on any atom is 0.276 e. The molecule has 22 heavy (non-hydrogen) atoms. The molecule has 1 fully saturated rings. The van der Waals surface area contributed by atoms with Gasteiger partial charge in [-0.3, -0.25) is 9.89 Å². The summed E-state index contributed by atoms with van der Waals surface area (Å²) in [5, 5.41) is 2.83. The minimum atomic E-state index is -0.903. The molecule has 112 valence electrons. The van der Waals surface area contributed by atoms with Gasteiger partial charge in [0.15, 0.2) is 17.3 Å². The van der Waals surface area contributed by atoms with Crippen LogP contribution in [0.2, 0.25) is 0 Å². The van der Waals surface area contributed by atoms with Crippen LogP contribution in [-0.2, 0) is 6.42 Å². The van der Waals surface area contributed by atoms with E-state index in [1.807, 2.05) is 0 Å². The lowest BCUT2D eigenvalue weighted by Crippen LogP contribution is -2.23. The molecular formula is C16H13F2N3O. The highest BCUT2D eigenvalue weighted by Gasteiger charge is 2.30. The molecule has 0 atom stereocenters. The quantitative estimate of drug-likeness (QED) is 0.808. The van der Waals surface area contributed by atoms with Crippen molar-refractivity contribution in [2.45, 2.75) is 25.2 Å². The summed E-state index contributed by atoms with van der Waals surface area (Å²) in [5.41, 5.74) is 2.30. The summed E-state index contributed by atoms with van der Waals surface area (Å²) in [6.45, 7) is 0. The highest BCUT2D eigenvalue weighted by molar-refractivity contribution is 5.42. The van der Waals surface area contributed by atoms with Gasteiger partial charge in [-0.1, -0.05) is 6.07 Å². The van der Waals surface area contributed by atoms with E-state index in [2.05, 4.69) is 10.1 Å². The van der Waals surface area contributed by atoms with Gasteiger partial charge >= 0.3 is 0 Å². The molecule has 0 bridgehead atoms. The first-order valence-corrected chi connectivity index (χ1v) is 7.16. The van der Waals surface area contributed by atoms with Crippen LogP contribution >= 0.6 is 0 Å². The Bertz CT molecular complexity index is 925. The molecule has 2 heterocycles. The van der Waals surface area contributed by atoms with E-state index in [0.717, 1.165) is 30.7 Å². The van der Waals surface area contributed by atoms with E-state index in [1.165, 1.54) is 10.6 Å². The summed E-state index contributed by atoms with van der Waals surface area (Å²) in [7, 11) is 0. The topological polar surface area (TPSA) is 50.2 Å². The summed E-state index contributed by atoms with van der Waals surface area (Å²) < 4.78 is 27.8.